The van der Waals surface area contributed by atoms with Crippen molar-refractivity contribution in [3.63, 3.8) is 0 Å². The van der Waals surface area contributed by atoms with Crippen LogP contribution in [0.5, 0.6) is 0 Å². The van der Waals surface area contributed by atoms with E-state index in [9.17, 15) is 9.59 Å². The first kappa shape index (κ1) is 15.6. The maximum absolute atomic E-state index is 12.1. The predicted octanol–water partition coefficient (Wildman–Crippen LogP) is 2.11. The third kappa shape index (κ3) is 3.54. The van der Waals surface area contributed by atoms with E-state index in [2.05, 4.69) is 22.2 Å². The SMILES string of the molecule is Cc1cc(=O)[nH]c(SCC(=O)N[C@@H](C)[C@@H]2C[C@@H]3CC[C@H]2C3)n1. The number of thioether (sulfide) groups is 1. The molecule has 5 nitrogen and oxygen atoms in total. The van der Waals surface area contributed by atoms with Crippen molar-refractivity contribution in [3.05, 3.63) is 22.1 Å². The molecule has 2 bridgehead atoms. The Morgan fingerprint density at radius 2 is 2.32 bits per heavy atom. The van der Waals surface area contributed by atoms with Crippen molar-refractivity contribution in [2.45, 2.75) is 50.7 Å². The van der Waals surface area contributed by atoms with Crippen molar-refractivity contribution >= 4 is 17.7 Å². The number of hydrogen-bond acceptors (Lipinski definition) is 4. The van der Waals surface area contributed by atoms with Gasteiger partial charge in [-0.3, -0.25) is 9.59 Å². The van der Waals surface area contributed by atoms with Gasteiger partial charge in [-0.05, 0) is 50.9 Å². The Hall–Kier alpha value is -1.30. The highest BCUT2D eigenvalue weighted by Gasteiger charge is 2.42. The average Bonchev–Trinajstić information content (AvgIpc) is 3.06. The summed E-state index contributed by atoms with van der Waals surface area (Å²) in [5, 5.41) is 3.63. The van der Waals surface area contributed by atoms with Gasteiger partial charge in [0.05, 0.1) is 5.75 Å². The molecule has 1 aromatic rings. The first-order valence-electron chi connectivity index (χ1n) is 8.01. The highest BCUT2D eigenvalue weighted by molar-refractivity contribution is 7.99. The molecule has 22 heavy (non-hydrogen) atoms. The first-order valence-corrected chi connectivity index (χ1v) is 9.00. The van der Waals surface area contributed by atoms with Gasteiger partial charge in [-0.25, -0.2) is 4.98 Å². The number of carbonyl (C=O) groups excluding carboxylic acids is 1. The predicted molar refractivity (Wildman–Crippen MR) is 86.9 cm³/mol. The van der Waals surface area contributed by atoms with Gasteiger partial charge in [0, 0.05) is 17.8 Å². The van der Waals surface area contributed by atoms with Gasteiger partial charge in [-0.2, -0.15) is 0 Å². The molecule has 120 valence electrons. The Labute approximate surface area is 134 Å². The van der Waals surface area contributed by atoms with E-state index in [1.54, 1.807) is 6.92 Å². The van der Waals surface area contributed by atoms with Crippen LogP contribution >= 0.6 is 11.8 Å². The van der Waals surface area contributed by atoms with E-state index in [1.165, 1.54) is 43.5 Å². The second-order valence-corrected chi connectivity index (χ2v) is 7.64. The third-order valence-corrected chi connectivity index (χ3v) is 5.88. The van der Waals surface area contributed by atoms with Gasteiger partial charge < -0.3 is 10.3 Å². The van der Waals surface area contributed by atoms with Crippen LogP contribution in [0.3, 0.4) is 0 Å². The number of aryl methyl sites for hydroxylation is 1. The van der Waals surface area contributed by atoms with Gasteiger partial charge in [0.15, 0.2) is 5.16 Å². The molecule has 1 aromatic heterocycles. The molecular weight excluding hydrogens is 298 g/mol. The third-order valence-electron chi connectivity index (χ3n) is 5.01. The Balaban J connectivity index is 1.49. The zero-order valence-electron chi connectivity index (χ0n) is 13.1. The number of carbonyl (C=O) groups is 1. The molecule has 0 spiro atoms. The van der Waals surface area contributed by atoms with Crippen LogP contribution in [0.25, 0.3) is 0 Å². The molecule has 0 saturated heterocycles. The van der Waals surface area contributed by atoms with Crippen LogP contribution in [0.15, 0.2) is 16.0 Å². The van der Waals surface area contributed by atoms with Crippen LogP contribution in [-0.2, 0) is 4.79 Å². The average molecular weight is 321 g/mol. The highest BCUT2D eigenvalue weighted by Crippen LogP contribution is 2.49. The molecule has 2 aliphatic carbocycles. The number of nitrogens with zero attached hydrogens (tertiary/aromatic N) is 1. The van der Waals surface area contributed by atoms with E-state index in [4.69, 9.17) is 0 Å². The minimum absolute atomic E-state index is 0.0180. The van der Waals surface area contributed by atoms with Crippen LogP contribution in [0.2, 0.25) is 0 Å². The minimum Gasteiger partial charge on any atom is -0.353 e. The fraction of sp³-hybridized carbons (Fsp3) is 0.688. The molecule has 0 unspecified atom stereocenters. The van der Waals surface area contributed by atoms with Gasteiger partial charge in [0.2, 0.25) is 5.91 Å². The smallest absolute Gasteiger partial charge is 0.251 e. The summed E-state index contributed by atoms with van der Waals surface area (Å²) < 4.78 is 0. The normalized spacial score (nSPS) is 27.8. The number of aromatic nitrogens is 2. The quantitative estimate of drug-likeness (QED) is 0.643. The largest absolute Gasteiger partial charge is 0.353 e. The number of hydrogen-bond donors (Lipinski definition) is 2. The molecule has 6 heteroatoms. The number of amides is 1. The van der Waals surface area contributed by atoms with Crippen LogP contribution < -0.4 is 10.9 Å². The summed E-state index contributed by atoms with van der Waals surface area (Å²) in [6.07, 6.45) is 5.34. The van der Waals surface area contributed by atoms with Crippen LogP contribution in [-0.4, -0.2) is 27.7 Å². The van der Waals surface area contributed by atoms with E-state index in [0.29, 0.717) is 16.8 Å². The molecule has 2 saturated carbocycles. The van der Waals surface area contributed by atoms with E-state index in [1.807, 2.05) is 0 Å². The summed E-state index contributed by atoms with van der Waals surface area (Å²) in [6.45, 7) is 3.90. The lowest BCUT2D eigenvalue weighted by Gasteiger charge is -2.28. The summed E-state index contributed by atoms with van der Waals surface area (Å²) in [5.74, 6) is 2.65. The molecule has 2 aliphatic rings. The van der Waals surface area contributed by atoms with Crippen molar-refractivity contribution in [3.8, 4) is 0 Å². The van der Waals surface area contributed by atoms with Gasteiger partial charge in [0.25, 0.3) is 5.56 Å². The second kappa shape index (κ2) is 6.44. The lowest BCUT2D eigenvalue weighted by atomic mass is 9.84. The monoisotopic (exact) mass is 321 g/mol. The number of aromatic amines is 1. The Morgan fingerprint density at radius 1 is 1.50 bits per heavy atom. The molecule has 3 rings (SSSR count). The topological polar surface area (TPSA) is 74.8 Å². The molecule has 2 fully saturated rings. The van der Waals surface area contributed by atoms with Crippen molar-refractivity contribution < 1.29 is 4.79 Å². The summed E-state index contributed by atoms with van der Waals surface area (Å²) in [6, 6.07) is 1.69. The number of rotatable bonds is 5. The fourth-order valence-corrected chi connectivity index (χ4v) is 4.80. The van der Waals surface area contributed by atoms with Gasteiger partial charge in [-0.15, -0.1) is 0 Å². The van der Waals surface area contributed by atoms with E-state index in [-0.39, 0.29) is 23.3 Å². The van der Waals surface area contributed by atoms with Crippen LogP contribution in [0.4, 0.5) is 0 Å². The number of fused-ring (bicyclic) bond motifs is 2. The molecule has 1 amide bonds. The molecular formula is C16H23N3O2S. The molecule has 0 aliphatic heterocycles. The Kier molecular flexibility index (Phi) is 4.57. The maximum Gasteiger partial charge on any atom is 0.251 e. The Morgan fingerprint density at radius 3 is 2.95 bits per heavy atom. The molecule has 1 heterocycles. The maximum atomic E-state index is 12.1. The zero-order chi connectivity index (χ0) is 15.7. The summed E-state index contributed by atoms with van der Waals surface area (Å²) in [5.41, 5.74) is 0.493. The van der Waals surface area contributed by atoms with Crippen molar-refractivity contribution in [2.24, 2.45) is 17.8 Å². The van der Waals surface area contributed by atoms with Gasteiger partial charge >= 0.3 is 0 Å². The van der Waals surface area contributed by atoms with Crippen molar-refractivity contribution in [1.29, 1.82) is 0 Å². The molecule has 0 aromatic carbocycles. The standard InChI is InChI=1S/C16H23N3O2S/c1-9-5-14(20)19-16(17-9)22-8-15(21)18-10(2)13-7-11-3-4-12(13)6-11/h5,10-13H,3-4,6-8H2,1-2H3,(H,18,21)(H,17,19,20)/t10-,11+,12-,13-/m0/s1. The van der Waals surface area contributed by atoms with Gasteiger partial charge in [-0.1, -0.05) is 18.2 Å². The number of nitrogens with one attached hydrogen (secondary N) is 2. The number of H-pyrrole nitrogens is 1. The van der Waals surface area contributed by atoms with E-state index in [0.717, 1.165) is 11.8 Å². The van der Waals surface area contributed by atoms with E-state index >= 15 is 0 Å². The summed E-state index contributed by atoms with van der Waals surface area (Å²) in [4.78, 5) is 30.4. The van der Waals surface area contributed by atoms with Crippen LogP contribution in [0, 0.1) is 24.7 Å². The molecule has 4 atom stereocenters. The molecule has 2 N–H and O–H groups in total. The van der Waals surface area contributed by atoms with Crippen molar-refractivity contribution in [2.75, 3.05) is 5.75 Å². The minimum atomic E-state index is -0.175. The zero-order valence-corrected chi connectivity index (χ0v) is 13.9. The lowest BCUT2D eigenvalue weighted by Crippen LogP contribution is -2.40. The molecule has 0 radical (unpaired) electrons. The summed E-state index contributed by atoms with van der Waals surface area (Å²) >= 11 is 1.28. The lowest BCUT2D eigenvalue weighted by molar-refractivity contribution is -0.119. The van der Waals surface area contributed by atoms with Gasteiger partial charge in [0.1, 0.15) is 0 Å². The first-order chi connectivity index (χ1) is 10.5. The van der Waals surface area contributed by atoms with Crippen molar-refractivity contribution in [1.82, 2.24) is 15.3 Å². The Bertz CT molecular complexity index is 616. The van der Waals surface area contributed by atoms with Crippen LogP contribution in [0.1, 0.15) is 38.3 Å². The second-order valence-electron chi connectivity index (χ2n) is 6.68. The summed E-state index contributed by atoms with van der Waals surface area (Å²) in [7, 11) is 0. The highest BCUT2D eigenvalue weighted by atomic mass is 32.2. The fourth-order valence-electron chi connectivity index (χ4n) is 4.06. The van der Waals surface area contributed by atoms with E-state index < -0.39 is 0 Å².